The molecule has 1 amide bonds. The van der Waals surface area contributed by atoms with Crippen molar-refractivity contribution in [3.05, 3.63) is 64.5 Å². The minimum Gasteiger partial charge on any atom is -0.442 e. The van der Waals surface area contributed by atoms with Crippen molar-refractivity contribution in [1.82, 2.24) is 19.4 Å². The van der Waals surface area contributed by atoms with E-state index in [-0.39, 0.29) is 28.1 Å². The summed E-state index contributed by atoms with van der Waals surface area (Å²) in [6.07, 6.45) is 4.94. The summed E-state index contributed by atoms with van der Waals surface area (Å²) in [5.41, 5.74) is 1.35. The second-order valence-corrected chi connectivity index (χ2v) is 7.48. The van der Waals surface area contributed by atoms with Gasteiger partial charge in [-0.25, -0.2) is 4.98 Å². The minimum atomic E-state index is -0.317. The SMILES string of the molecule is COCCCn1cnc2oc(C)c(C(=O)NCCCn3ccc4ccccc43)c2c1=O. The van der Waals surface area contributed by atoms with Gasteiger partial charge in [0.2, 0.25) is 5.71 Å². The largest absolute Gasteiger partial charge is 0.442 e. The molecular formula is C23H26N4O4. The molecule has 4 aromatic rings. The number of carbonyl (C=O) groups is 1. The summed E-state index contributed by atoms with van der Waals surface area (Å²) >= 11 is 0. The predicted molar refractivity (Wildman–Crippen MR) is 118 cm³/mol. The molecule has 0 spiro atoms. The molecule has 0 bridgehead atoms. The van der Waals surface area contributed by atoms with Crippen LogP contribution in [0.4, 0.5) is 0 Å². The van der Waals surface area contributed by atoms with Crippen molar-refractivity contribution >= 4 is 27.9 Å². The summed E-state index contributed by atoms with van der Waals surface area (Å²) in [6.45, 7) is 3.95. The molecule has 0 fully saturated rings. The molecule has 1 N–H and O–H groups in total. The maximum atomic E-state index is 12.9. The molecule has 0 unspecified atom stereocenters. The van der Waals surface area contributed by atoms with E-state index in [0.717, 1.165) is 13.0 Å². The zero-order valence-corrected chi connectivity index (χ0v) is 17.8. The van der Waals surface area contributed by atoms with Gasteiger partial charge in [-0.2, -0.15) is 0 Å². The summed E-state index contributed by atoms with van der Waals surface area (Å²) in [7, 11) is 1.62. The summed E-state index contributed by atoms with van der Waals surface area (Å²) in [6, 6.07) is 10.3. The minimum absolute atomic E-state index is 0.189. The Balaban J connectivity index is 1.45. The number of fused-ring (bicyclic) bond motifs is 2. The summed E-state index contributed by atoms with van der Waals surface area (Å²) in [5.74, 6) is 0.0744. The van der Waals surface area contributed by atoms with Gasteiger partial charge >= 0.3 is 0 Å². The van der Waals surface area contributed by atoms with Gasteiger partial charge in [-0.3, -0.25) is 14.2 Å². The van der Waals surface area contributed by atoms with Gasteiger partial charge in [0.05, 0.1) is 5.56 Å². The second-order valence-electron chi connectivity index (χ2n) is 7.48. The zero-order chi connectivity index (χ0) is 21.8. The fourth-order valence-electron chi connectivity index (χ4n) is 3.82. The number of furan rings is 1. The van der Waals surface area contributed by atoms with E-state index in [1.165, 1.54) is 21.8 Å². The Kier molecular flexibility index (Phi) is 6.18. The maximum absolute atomic E-state index is 12.9. The Morgan fingerprint density at radius 3 is 2.81 bits per heavy atom. The molecule has 3 heterocycles. The standard InChI is InChI=1S/C23H26N4O4/c1-16-19(20-22(31-16)25-15-27(23(20)29)12-6-14-30-2)21(28)24-10-5-11-26-13-9-17-7-3-4-8-18(17)26/h3-4,7-9,13,15H,5-6,10-12,14H2,1-2H3,(H,24,28). The molecule has 4 rings (SSSR count). The number of methoxy groups -OCH3 is 1. The van der Waals surface area contributed by atoms with E-state index in [1.54, 1.807) is 14.0 Å². The summed E-state index contributed by atoms with van der Waals surface area (Å²) < 4.78 is 14.3. The Hall–Kier alpha value is -3.39. The van der Waals surface area contributed by atoms with Gasteiger partial charge in [0, 0.05) is 45.1 Å². The van der Waals surface area contributed by atoms with Crippen LogP contribution in [-0.2, 0) is 17.8 Å². The predicted octanol–water partition coefficient (Wildman–Crippen LogP) is 3.11. The van der Waals surface area contributed by atoms with E-state index in [9.17, 15) is 9.59 Å². The second kappa shape index (κ2) is 9.18. The van der Waals surface area contributed by atoms with Crippen LogP contribution in [0, 0.1) is 6.92 Å². The lowest BCUT2D eigenvalue weighted by atomic mass is 10.1. The highest BCUT2D eigenvalue weighted by molar-refractivity contribution is 6.06. The van der Waals surface area contributed by atoms with Gasteiger partial charge < -0.3 is 19.0 Å². The van der Waals surface area contributed by atoms with Crippen LogP contribution in [0.3, 0.4) is 0 Å². The number of rotatable bonds is 9. The van der Waals surface area contributed by atoms with Crippen LogP contribution in [0.5, 0.6) is 0 Å². The number of nitrogens with zero attached hydrogens (tertiary/aromatic N) is 3. The van der Waals surface area contributed by atoms with Gasteiger partial charge in [0.25, 0.3) is 11.5 Å². The number of nitrogens with one attached hydrogen (secondary N) is 1. The van der Waals surface area contributed by atoms with Crippen LogP contribution in [0.2, 0.25) is 0 Å². The fourth-order valence-corrected chi connectivity index (χ4v) is 3.82. The molecule has 0 radical (unpaired) electrons. The number of ether oxygens (including phenoxy) is 1. The Bertz CT molecular complexity index is 1270. The van der Waals surface area contributed by atoms with E-state index in [4.69, 9.17) is 9.15 Å². The molecule has 162 valence electrons. The van der Waals surface area contributed by atoms with Crippen LogP contribution >= 0.6 is 0 Å². The van der Waals surface area contributed by atoms with Gasteiger partial charge in [0.1, 0.15) is 17.5 Å². The number of aromatic nitrogens is 3. The molecule has 0 atom stereocenters. The topological polar surface area (TPSA) is 91.3 Å². The van der Waals surface area contributed by atoms with Crippen molar-refractivity contribution in [1.29, 1.82) is 0 Å². The molecular weight excluding hydrogens is 396 g/mol. The highest BCUT2D eigenvalue weighted by Gasteiger charge is 2.22. The van der Waals surface area contributed by atoms with Gasteiger partial charge in [-0.15, -0.1) is 0 Å². The number of para-hydroxylation sites is 1. The van der Waals surface area contributed by atoms with Crippen molar-refractivity contribution in [2.75, 3.05) is 20.3 Å². The number of amides is 1. The zero-order valence-electron chi connectivity index (χ0n) is 17.8. The van der Waals surface area contributed by atoms with Crippen LogP contribution in [0.25, 0.3) is 22.0 Å². The highest BCUT2D eigenvalue weighted by Crippen LogP contribution is 2.21. The summed E-state index contributed by atoms with van der Waals surface area (Å²) in [5, 5.41) is 4.34. The average molecular weight is 422 g/mol. The molecule has 3 aromatic heterocycles. The molecule has 0 saturated carbocycles. The third-order valence-corrected chi connectivity index (χ3v) is 5.37. The average Bonchev–Trinajstić information content (AvgIpc) is 3.33. The number of carbonyl (C=O) groups excluding carboxylic acids is 1. The van der Waals surface area contributed by atoms with Gasteiger partial charge in [-0.05, 0) is 37.3 Å². The molecule has 0 aliphatic carbocycles. The van der Waals surface area contributed by atoms with E-state index in [0.29, 0.717) is 31.9 Å². The Morgan fingerprint density at radius 2 is 1.97 bits per heavy atom. The molecule has 1 aromatic carbocycles. The molecule has 0 aliphatic rings. The Labute approximate surface area is 179 Å². The van der Waals surface area contributed by atoms with E-state index < -0.39 is 0 Å². The van der Waals surface area contributed by atoms with Crippen molar-refractivity contribution in [3.63, 3.8) is 0 Å². The highest BCUT2D eigenvalue weighted by atomic mass is 16.5. The van der Waals surface area contributed by atoms with E-state index >= 15 is 0 Å². The van der Waals surface area contributed by atoms with E-state index in [1.807, 2.05) is 12.1 Å². The summed E-state index contributed by atoms with van der Waals surface area (Å²) in [4.78, 5) is 30.0. The molecule has 8 heteroatoms. The smallest absolute Gasteiger partial charge is 0.265 e. The molecule has 0 aliphatic heterocycles. The number of hydrogen-bond acceptors (Lipinski definition) is 5. The van der Waals surface area contributed by atoms with Crippen LogP contribution in [0.15, 0.2) is 52.1 Å². The van der Waals surface area contributed by atoms with Crippen LogP contribution < -0.4 is 10.9 Å². The quantitative estimate of drug-likeness (QED) is 0.419. The van der Waals surface area contributed by atoms with Gasteiger partial charge in [-0.1, -0.05) is 18.2 Å². The first-order valence-corrected chi connectivity index (χ1v) is 10.4. The maximum Gasteiger partial charge on any atom is 0.265 e. The van der Waals surface area contributed by atoms with Crippen molar-refractivity contribution in [3.8, 4) is 0 Å². The first-order valence-electron chi connectivity index (χ1n) is 10.4. The van der Waals surface area contributed by atoms with Crippen LogP contribution in [0.1, 0.15) is 29.0 Å². The first-order chi connectivity index (χ1) is 15.1. The van der Waals surface area contributed by atoms with Crippen LogP contribution in [-0.4, -0.2) is 40.3 Å². The normalized spacial score (nSPS) is 11.4. The molecule has 31 heavy (non-hydrogen) atoms. The van der Waals surface area contributed by atoms with Crippen molar-refractivity contribution in [2.45, 2.75) is 32.9 Å². The number of aryl methyl sites for hydroxylation is 3. The lowest BCUT2D eigenvalue weighted by Crippen LogP contribution is -2.28. The van der Waals surface area contributed by atoms with Crippen molar-refractivity contribution < 1.29 is 13.9 Å². The lowest BCUT2D eigenvalue weighted by Gasteiger charge is -2.08. The molecule has 8 nitrogen and oxygen atoms in total. The first kappa shape index (κ1) is 20.9. The molecule has 0 saturated heterocycles. The third kappa shape index (κ3) is 4.25. The Morgan fingerprint density at radius 1 is 1.16 bits per heavy atom. The lowest BCUT2D eigenvalue weighted by molar-refractivity contribution is 0.0952. The fraction of sp³-hybridized carbons (Fsp3) is 0.348. The van der Waals surface area contributed by atoms with Gasteiger partial charge in [0.15, 0.2) is 0 Å². The van der Waals surface area contributed by atoms with E-state index in [2.05, 4.69) is 39.3 Å². The monoisotopic (exact) mass is 422 g/mol. The third-order valence-electron chi connectivity index (χ3n) is 5.37. The number of hydrogen-bond donors (Lipinski definition) is 1. The van der Waals surface area contributed by atoms with Crippen molar-refractivity contribution in [2.24, 2.45) is 0 Å². The number of benzene rings is 1.